The van der Waals surface area contributed by atoms with Crippen molar-refractivity contribution in [1.82, 2.24) is 5.32 Å². The van der Waals surface area contributed by atoms with Gasteiger partial charge < -0.3 is 20.3 Å². The van der Waals surface area contributed by atoms with Crippen LogP contribution in [0.25, 0.3) is 0 Å². The molecule has 0 aliphatic carbocycles. The fourth-order valence-electron chi connectivity index (χ4n) is 11.1. The zero-order valence-corrected chi connectivity index (χ0v) is 53.8. The summed E-state index contributed by atoms with van der Waals surface area (Å²) in [6.07, 6.45) is 90.5. The Bertz CT molecular complexity index is 1340. The number of hydrogen-bond acceptors (Lipinski definition) is 5. The third-order valence-corrected chi connectivity index (χ3v) is 16.6. The molecule has 0 aliphatic rings. The van der Waals surface area contributed by atoms with E-state index in [0.717, 1.165) is 51.4 Å². The molecular weight excluding hydrogens is 983 g/mol. The number of nitrogens with one attached hydrogen (secondary N) is 1. The molecule has 0 saturated heterocycles. The van der Waals surface area contributed by atoms with Crippen molar-refractivity contribution in [3.05, 3.63) is 48.6 Å². The predicted octanol–water partition coefficient (Wildman–Crippen LogP) is 23.3. The Labute approximate surface area is 499 Å². The summed E-state index contributed by atoms with van der Waals surface area (Å²) in [4.78, 5) is 24.6. The standard InChI is InChI=1S/C74H139NO5/c1-3-5-7-9-11-13-15-17-19-20-21-22-29-32-35-39-42-46-50-54-58-62-66-72(77)71(70-76)75-73(78)67-63-59-55-51-47-43-40-36-33-30-27-25-23-24-26-28-31-34-37-41-45-49-53-57-61-65-69-80-74(79)68-64-60-56-52-48-44-38-18-16-14-12-10-8-6-4-2/h12,14,18,23,25,38,62,66,71-72,76-77H,3-11,13,15-17,19-22,24,26-37,39-61,63-65,67-70H2,1-2H3,(H,75,78)/b14-12-,25-23-,38-18-,66-62+. The molecule has 1 amide bonds. The molecular formula is C74H139NO5. The number of hydrogen-bond donors (Lipinski definition) is 3. The second-order valence-electron chi connectivity index (χ2n) is 24.6. The highest BCUT2D eigenvalue weighted by Gasteiger charge is 2.18. The Balaban J connectivity index is 3.43. The zero-order chi connectivity index (χ0) is 57.8. The first kappa shape index (κ1) is 77.8. The summed E-state index contributed by atoms with van der Waals surface area (Å²) >= 11 is 0. The van der Waals surface area contributed by atoms with E-state index in [4.69, 9.17) is 4.74 Å². The molecule has 2 unspecified atom stereocenters. The van der Waals surface area contributed by atoms with Crippen LogP contribution in [0.15, 0.2) is 48.6 Å². The minimum absolute atomic E-state index is 0.000101. The van der Waals surface area contributed by atoms with Gasteiger partial charge in [0.25, 0.3) is 0 Å². The summed E-state index contributed by atoms with van der Waals surface area (Å²) in [5, 5.41) is 23.3. The van der Waals surface area contributed by atoms with Crippen LogP contribution in [0.5, 0.6) is 0 Å². The first-order valence-electron chi connectivity index (χ1n) is 35.9. The molecule has 80 heavy (non-hydrogen) atoms. The van der Waals surface area contributed by atoms with Gasteiger partial charge in [-0.25, -0.2) is 0 Å². The van der Waals surface area contributed by atoms with E-state index in [9.17, 15) is 19.8 Å². The van der Waals surface area contributed by atoms with E-state index in [1.807, 2.05) is 6.08 Å². The molecule has 0 aliphatic heterocycles. The number of ether oxygens (including phenoxy) is 1. The average molecular weight is 1120 g/mol. The lowest BCUT2D eigenvalue weighted by molar-refractivity contribution is -0.143. The minimum atomic E-state index is -0.848. The van der Waals surface area contributed by atoms with Gasteiger partial charge in [-0.3, -0.25) is 9.59 Å². The molecule has 0 bridgehead atoms. The number of aliphatic hydroxyl groups is 2. The lowest BCUT2D eigenvalue weighted by Gasteiger charge is -2.20. The number of carbonyl (C=O) groups is 2. The van der Waals surface area contributed by atoms with E-state index < -0.39 is 12.1 Å². The number of aliphatic hydroxyl groups excluding tert-OH is 2. The van der Waals surface area contributed by atoms with Crippen molar-refractivity contribution in [3.63, 3.8) is 0 Å². The maximum atomic E-state index is 12.5. The van der Waals surface area contributed by atoms with Gasteiger partial charge in [0.05, 0.1) is 25.4 Å². The van der Waals surface area contributed by atoms with Gasteiger partial charge in [0.1, 0.15) is 0 Å². The molecule has 0 radical (unpaired) electrons. The highest BCUT2D eigenvalue weighted by molar-refractivity contribution is 5.76. The van der Waals surface area contributed by atoms with E-state index in [1.165, 1.54) is 308 Å². The van der Waals surface area contributed by atoms with Gasteiger partial charge in [0, 0.05) is 12.8 Å². The number of carbonyl (C=O) groups excluding carboxylic acids is 2. The highest BCUT2D eigenvalue weighted by atomic mass is 16.5. The van der Waals surface area contributed by atoms with Crippen LogP contribution >= 0.6 is 0 Å². The highest BCUT2D eigenvalue weighted by Crippen LogP contribution is 2.18. The van der Waals surface area contributed by atoms with Crippen molar-refractivity contribution in [3.8, 4) is 0 Å². The first-order chi connectivity index (χ1) is 39.5. The number of allylic oxidation sites excluding steroid dienone is 7. The van der Waals surface area contributed by atoms with Gasteiger partial charge in [-0.1, -0.05) is 332 Å². The summed E-state index contributed by atoms with van der Waals surface area (Å²) in [6, 6.07) is -0.631. The van der Waals surface area contributed by atoms with Crippen LogP contribution in [0.2, 0.25) is 0 Å². The summed E-state index contributed by atoms with van der Waals surface area (Å²) in [5.74, 6) is -0.0665. The SMILES string of the molecule is CCCCC/C=C\C/C=C\CCCCCCCC(=O)OCCCCCCCCCCCCCC/C=C\CCCCCCCCCCCCC(=O)NC(CO)C(O)/C=C/CCCCCCCCCCCCCCCCCCCCCC. The molecule has 6 nitrogen and oxygen atoms in total. The van der Waals surface area contributed by atoms with E-state index >= 15 is 0 Å². The molecule has 6 heteroatoms. The van der Waals surface area contributed by atoms with Gasteiger partial charge in [-0.05, 0) is 89.9 Å². The Morgan fingerprint density at radius 1 is 0.350 bits per heavy atom. The van der Waals surface area contributed by atoms with Crippen molar-refractivity contribution in [1.29, 1.82) is 0 Å². The van der Waals surface area contributed by atoms with Gasteiger partial charge in [-0.2, -0.15) is 0 Å². The molecule has 0 fully saturated rings. The third kappa shape index (κ3) is 65.0. The molecule has 0 saturated carbocycles. The fraction of sp³-hybridized carbons (Fsp3) is 0.865. The monoisotopic (exact) mass is 1120 g/mol. The maximum Gasteiger partial charge on any atom is 0.305 e. The Hall–Kier alpha value is -2.18. The predicted molar refractivity (Wildman–Crippen MR) is 352 cm³/mol. The van der Waals surface area contributed by atoms with Crippen LogP contribution in [-0.2, 0) is 14.3 Å². The molecule has 0 heterocycles. The van der Waals surface area contributed by atoms with Crippen molar-refractivity contribution in [2.75, 3.05) is 13.2 Å². The number of amides is 1. The zero-order valence-electron chi connectivity index (χ0n) is 53.8. The molecule has 3 N–H and O–H groups in total. The number of unbranched alkanes of at least 4 members (excludes halogenated alkanes) is 50. The van der Waals surface area contributed by atoms with Crippen LogP contribution in [0.1, 0.15) is 386 Å². The van der Waals surface area contributed by atoms with Crippen molar-refractivity contribution < 1.29 is 24.5 Å². The van der Waals surface area contributed by atoms with Crippen LogP contribution in [0.3, 0.4) is 0 Å². The lowest BCUT2D eigenvalue weighted by atomic mass is 10.0. The largest absolute Gasteiger partial charge is 0.466 e. The molecule has 0 aromatic heterocycles. The molecule has 0 aromatic rings. The fourth-order valence-corrected chi connectivity index (χ4v) is 11.1. The van der Waals surface area contributed by atoms with Gasteiger partial charge >= 0.3 is 5.97 Å². The smallest absolute Gasteiger partial charge is 0.305 e. The van der Waals surface area contributed by atoms with E-state index in [2.05, 4.69) is 55.6 Å². The number of esters is 1. The summed E-state index contributed by atoms with van der Waals surface area (Å²) in [7, 11) is 0. The Kier molecular flexibility index (Phi) is 67.4. The summed E-state index contributed by atoms with van der Waals surface area (Å²) in [5.41, 5.74) is 0. The van der Waals surface area contributed by atoms with Crippen LogP contribution in [-0.4, -0.2) is 47.4 Å². The molecule has 0 aromatic carbocycles. The minimum Gasteiger partial charge on any atom is -0.466 e. The van der Waals surface area contributed by atoms with Crippen LogP contribution in [0.4, 0.5) is 0 Å². The van der Waals surface area contributed by atoms with Gasteiger partial charge in [0.15, 0.2) is 0 Å². The quantitative estimate of drug-likeness (QED) is 0.0320. The second kappa shape index (κ2) is 69.3. The van der Waals surface area contributed by atoms with Crippen molar-refractivity contribution in [2.24, 2.45) is 0 Å². The van der Waals surface area contributed by atoms with E-state index in [-0.39, 0.29) is 18.5 Å². The van der Waals surface area contributed by atoms with Crippen molar-refractivity contribution >= 4 is 11.9 Å². The summed E-state index contributed by atoms with van der Waals surface area (Å²) < 4.78 is 5.48. The van der Waals surface area contributed by atoms with E-state index in [1.54, 1.807) is 6.08 Å². The lowest BCUT2D eigenvalue weighted by Crippen LogP contribution is -2.45. The second-order valence-corrected chi connectivity index (χ2v) is 24.6. The molecule has 2 atom stereocenters. The summed E-state index contributed by atoms with van der Waals surface area (Å²) in [6.45, 7) is 4.90. The first-order valence-corrected chi connectivity index (χ1v) is 35.9. The van der Waals surface area contributed by atoms with Crippen LogP contribution in [0, 0.1) is 0 Å². The van der Waals surface area contributed by atoms with Gasteiger partial charge in [-0.15, -0.1) is 0 Å². The Morgan fingerprint density at radius 2 is 0.625 bits per heavy atom. The van der Waals surface area contributed by atoms with Crippen LogP contribution < -0.4 is 5.32 Å². The molecule has 0 rings (SSSR count). The van der Waals surface area contributed by atoms with Gasteiger partial charge in [0.2, 0.25) is 5.91 Å². The third-order valence-electron chi connectivity index (χ3n) is 16.6. The average Bonchev–Trinajstić information content (AvgIpc) is 3.46. The molecule has 470 valence electrons. The topological polar surface area (TPSA) is 95.9 Å². The number of rotatable bonds is 67. The Morgan fingerprint density at radius 3 is 0.988 bits per heavy atom. The van der Waals surface area contributed by atoms with Crippen molar-refractivity contribution in [2.45, 2.75) is 398 Å². The van der Waals surface area contributed by atoms with E-state index in [0.29, 0.717) is 19.4 Å². The maximum absolute atomic E-state index is 12.5. The molecule has 0 spiro atoms. The normalized spacial score (nSPS) is 12.8.